The van der Waals surface area contributed by atoms with E-state index in [4.69, 9.17) is 0 Å². The van der Waals surface area contributed by atoms with E-state index in [0.717, 1.165) is 31.6 Å². The van der Waals surface area contributed by atoms with Gasteiger partial charge in [-0.2, -0.15) is 0 Å². The molecule has 4 nitrogen and oxygen atoms in total. The summed E-state index contributed by atoms with van der Waals surface area (Å²) in [4.78, 5) is 19.3. The summed E-state index contributed by atoms with van der Waals surface area (Å²) >= 11 is 1.37. The molecule has 1 aromatic heterocycles. The Morgan fingerprint density at radius 3 is 3.04 bits per heavy atom. The first-order chi connectivity index (χ1) is 11.1. The number of benzene rings is 1. The number of piperidine rings is 1. The third-order valence-electron chi connectivity index (χ3n) is 4.14. The Bertz CT molecular complexity index is 688. The zero-order chi connectivity index (χ0) is 16.2. The molecule has 1 amide bonds. The Kier molecular flexibility index (Phi) is 5.03. The first-order valence-electron chi connectivity index (χ1n) is 7.80. The number of halogens is 1. The number of nitrogens with one attached hydrogen (secondary N) is 1. The number of hydrogen-bond acceptors (Lipinski definition) is 4. The van der Waals surface area contributed by atoms with Gasteiger partial charge in [0.1, 0.15) is 10.7 Å². The van der Waals surface area contributed by atoms with Crippen molar-refractivity contribution in [3.63, 3.8) is 0 Å². The molecule has 6 heteroatoms. The molecular formula is C17H20FN3OS. The van der Waals surface area contributed by atoms with E-state index >= 15 is 0 Å². The molecule has 122 valence electrons. The number of nitrogens with zero attached hydrogens (tertiary/aromatic N) is 2. The van der Waals surface area contributed by atoms with Crippen LogP contribution in [0.25, 0.3) is 0 Å². The number of likely N-dealkylation sites (tertiary alicyclic amines) is 1. The normalized spacial score (nSPS) is 18.8. The van der Waals surface area contributed by atoms with Crippen LogP contribution in [0.1, 0.15) is 33.8 Å². The average Bonchev–Trinajstić information content (AvgIpc) is 2.96. The van der Waals surface area contributed by atoms with Crippen LogP contribution in [0.4, 0.5) is 4.39 Å². The second kappa shape index (κ2) is 7.19. The van der Waals surface area contributed by atoms with E-state index in [1.165, 1.54) is 17.4 Å². The number of carbonyl (C=O) groups excluding carboxylic acids is 1. The summed E-state index contributed by atoms with van der Waals surface area (Å²) in [7, 11) is 0. The van der Waals surface area contributed by atoms with E-state index in [2.05, 4.69) is 15.2 Å². The molecule has 1 N–H and O–H groups in total. The van der Waals surface area contributed by atoms with Crippen molar-refractivity contribution in [1.82, 2.24) is 15.2 Å². The quantitative estimate of drug-likeness (QED) is 0.935. The van der Waals surface area contributed by atoms with Gasteiger partial charge in [-0.25, -0.2) is 9.37 Å². The van der Waals surface area contributed by atoms with Crippen molar-refractivity contribution in [2.75, 3.05) is 13.1 Å². The van der Waals surface area contributed by atoms with Gasteiger partial charge >= 0.3 is 0 Å². The van der Waals surface area contributed by atoms with Crippen LogP contribution in [0.15, 0.2) is 29.8 Å². The maximum absolute atomic E-state index is 13.8. The second-order valence-electron chi connectivity index (χ2n) is 5.91. The van der Waals surface area contributed by atoms with Crippen LogP contribution in [-0.4, -0.2) is 34.9 Å². The fourth-order valence-corrected chi connectivity index (χ4v) is 3.66. The average molecular weight is 333 g/mol. The maximum atomic E-state index is 13.8. The molecule has 1 fully saturated rings. The van der Waals surface area contributed by atoms with Crippen molar-refractivity contribution < 1.29 is 9.18 Å². The van der Waals surface area contributed by atoms with Gasteiger partial charge in [-0.1, -0.05) is 18.2 Å². The summed E-state index contributed by atoms with van der Waals surface area (Å²) in [6, 6.07) is 6.97. The van der Waals surface area contributed by atoms with E-state index in [1.807, 2.05) is 19.1 Å². The molecule has 1 aliphatic heterocycles. The highest BCUT2D eigenvalue weighted by Gasteiger charge is 2.23. The van der Waals surface area contributed by atoms with Crippen LogP contribution in [0.3, 0.4) is 0 Å². The summed E-state index contributed by atoms with van der Waals surface area (Å²) in [5, 5.41) is 3.09. The van der Waals surface area contributed by atoms with Crippen molar-refractivity contribution in [2.24, 2.45) is 0 Å². The van der Waals surface area contributed by atoms with E-state index in [-0.39, 0.29) is 17.8 Å². The SMILES string of the molecule is Cc1ncsc1C(=O)N[C@H]1CCCN(Cc2ccccc2F)C1. The zero-order valence-electron chi connectivity index (χ0n) is 13.1. The van der Waals surface area contributed by atoms with Crippen LogP contribution < -0.4 is 5.32 Å². The number of rotatable bonds is 4. The zero-order valence-corrected chi connectivity index (χ0v) is 13.9. The lowest BCUT2D eigenvalue weighted by atomic mass is 10.0. The van der Waals surface area contributed by atoms with Crippen molar-refractivity contribution in [3.8, 4) is 0 Å². The molecule has 2 heterocycles. The monoisotopic (exact) mass is 333 g/mol. The smallest absolute Gasteiger partial charge is 0.263 e. The summed E-state index contributed by atoms with van der Waals surface area (Å²) in [5.41, 5.74) is 3.17. The Labute approximate surface area is 139 Å². The second-order valence-corrected chi connectivity index (χ2v) is 6.76. The third-order valence-corrected chi connectivity index (χ3v) is 5.07. The standard InChI is InChI=1S/C17H20FN3OS/c1-12-16(23-11-19-12)17(22)20-14-6-4-8-21(10-14)9-13-5-2-3-7-15(13)18/h2-3,5,7,11,14H,4,6,8-10H2,1H3,(H,20,22)/t14-/m0/s1. The Morgan fingerprint density at radius 2 is 2.30 bits per heavy atom. The van der Waals surface area contributed by atoms with Gasteiger partial charge in [-0.3, -0.25) is 9.69 Å². The molecule has 2 aromatic rings. The van der Waals surface area contributed by atoms with Crippen LogP contribution >= 0.6 is 11.3 Å². The van der Waals surface area contributed by atoms with Crippen molar-refractivity contribution in [2.45, 2.75) is 32.4 Å². The van der Waals surface area contributed by atoms with Gasteiger partial charge < -0.3 is 5.32 Å². The predicted molar refractivity (Wildman–Crippen MR) is 89.0 cm³/mol. The van der Waals surface area contributed by atoms with Gasteiger partial charge in [0.25, 0.3) is 5.91 Å². The number of carbonyl (C=O) groups is 1. The van der Waals surface area contributed by atoms with Gasteiger partial charge in [-0.05, 0) is 32.4 Å². The minimum Gasteiger partial charge on any atom is -0.347 e. The highest BCUT2D eigenvalue weighted by molar-refractivity contribution is 7.11. The lowest BCUT2D eigenvalue weighted by Gasteiger charge is -2.33. The molecule has 0 unspecified atom stereocenters. The molecule has 0 radical (unpaired) electrons. The lowest BCUT2D eigenvalue weighted by molar-refractivity contribution is 0.0903. The number of amides is 1. The minimum atomic E-state index is -0.168. The third kappa shape index (κ3) is 3.95. The highest BCUT2D eigenvalue weighted by atomic mass is 32.1. The number of hydrogen-bond donors (Lipinski definition) is 1. The fraction of sp³-hybridized carbons (Fsp3) is 0.412. The van der Waals surface area contributed by atoms with Crippen molar-refractivity contribution in [1.29, 1.82) is 0 Å². The molecular weight excluding hydrogens is 313 g/mol. The van der Waals surface area contributed by atoms with Crippen LogP contribution in [-0.2, 0) is 6.54 Å². The molecule has 1 atom stereocenters. The van der Waals surface area contributed by atoms with Crippen LogP contribution in [0, 0.1) is 12.7 Å². The molecule has 23 heavy (non-hydrogen) atoms. The molecule has 0 saturated carbocycles. The topological polar surface area (TPSA) is 45.2 Å². The van der Waals surface area contributed by atoms with E-state index in [0.29, 0.717) is 17.0 Å². The van der Waals surface area contributed by atoms with Gasteiger partial charge in [0.05, 0.1) is 11.2 Å². The summed E-state index contributed by atoms with van der Waals surface area (Å²) in [6.45, 7) is 4.10. The molecule has 1 aromatic carbocycles. The summed E-state index contributed by atoms with van der Waals surface area (Å²) < 4.78 is 13.8. The van der Waals surface area contributed by atoms with Gasteiger partial charge in [0, 0.05) is 24.7 Å². The lowest BCUT2D eigenvalue weighted by Crippen LogP contribution is -2.47. The minimum absolute atomic E-state index is 0.0530. The van der Waals surface area contributed by atoms with Crippen LogP contribution in [0.5, 0.6) is 0 Å². The molecule has 0 aliphatic carbocycles. The van der Waals surface area contributed by atoms with E-state index in [9.17, 15) is 9.18 Å². The molecule has 1 aliphatic rings. The first kappa shape index (κ1) is 16.1. The van der Waals surface area contributed by atoms with Crippen molar-refractivity contribution >= 4 is 17.2 Å². The molecule has 0 spiro atoms. The Morgan fingerprint density at radius 1 is 1.48 bits per heavy atom. The first-order valence-corrected chi connectivity index (χ1v) is 8.68. The number of aromatic nitrogens is 1. The Balaban J connectivity index is 1.59. The maximum Gasteiger partial charge on any atom is 0.263 e. The largest absolute Gasteiger partial charge is 0.347 e. The van der Waals surface area contributed by atoms with Crippen molar-refractivity contribution in [3.05, 3.63) is 51.7 Å². The molecule has 0 bridgehead atoms. The van der Waals surface area contributed by atoms with E-state index < -0.39 is 0 Å². The van der Waals surface area contributed by atoms with Gasteiger partial charge in [-0.15, -0.1) is 11.3 Å². The summed E-state index contributed by atoms with van der Waals surface area (Å²) in [5.74, 6) is -0.221. The van der Waals surface area contributed by atoms with Crippen LogP contribution in [0.2, 0.25) is 0 Å². The number of aryl methyl sites for hydroxylation is 1. The highest BCUT2D eigenvalue weighted by Crippen LogP contribution is 2.17. The number of thiazole rings is 1. The predicted octanol–water partition coefficient (Wildman–Crippen LogP) is 2.99. The Hall–Kier alpha value is -1.79. The van der Waals surface area contributed by atoms with Gasteiger partial charge in [0.2, 0.25) is 0 Å². The molecule has 3 rings (SSSR count). The van der Waals surface area contributed by atoms with E-state index in [1.54, 1.807) is 11.6 Å². The van der Waals surface area contributed by atoms with Gasteiger partial charge in [0.15, 0.2) is 0 Å². The molecule has 1 saturated heterocycles. The summed E-state index contributed by atoms with van der Waals surface area (Å²) in [6.07, 6.45) is 1.96. The fourth-order valence-electron chi connectivity index (χ4n) is 2.96.